The van der Waals surface area contributed by atoms with Crippen LogP contribution >= 0.6 is 0 Å². The van der Waals surface area contributed by atoms with Gasteiger partial charge in [-0.05, 0) is 0 Å². The predicted octanol–water partition coefficient (Wildman–Crippen LogP) is -2.01. The summed E-state index contributed by atoms with van der Waals surface area (Å²) in [6, 6.07) is 0. The first-order valence-corrected chi connectivity index (χ1v) is 3.85. The molecule has 0 saturated carbocycles. The molecule has 0 aromatic carbocycles. The number of carbonyl (C=O) groups is 1. The van der Waals surface area contributed by atoms with Crippen molar-refractivity contribution in [3.05, 3.63) is 0 Å². The molecule has 76 valence electrons. The van der Waals surface area contributed by atoms with E-state index in [-0.39, 0.29) is 6.61 Å². The Kier molecular flexibility index (Phi) is 3.21. The van der Waals surface area contributed by atoms with Crippen molar-refractivity contribution in [2.45, 2.75) is 31.5 Å². The van der Waals surface area contributed by atoms with E-state index >= 15 is 0 Å². The summed E-state index contributed by atoms with van der Waals surface area (Å²) < 4.78 is 9.20. The highest BCUT2D eigenvalue weighted by atomic mass is 16.7. The second-order valence-corrected chi connectivity index (χ2v) is 2.86. The van der Waals surface area contributed by atoms with Crippen LogP contribution in [0.5, 0.6) is 0 Å². The third-order valence-corrected chi connectivity index (χ3v) is 1.75. The van der Waals surface area contributed by atoms with Crippen LogP contribution in [0.15, 0.2) is 0 Å². The van der Waals surface area contributed by atoms with Gasteiger partial charge in [0.05, 0.1) is 6.61 Å². The Morgan fingerprint density at radius 2 is 2.08 bits per heavy atom. The van der Waals surface area contributed by atoms with E-state index in [4.69, 9.17) is 10.2 Å². The number of esters is 1. The van der Waals surface area contributed by atoms with Crippen LogP contribution in [0.1, 0.15) is 6.92 Å². The summed E-state index contributed by atoms with van der Waals surface area (Å²) in [6.45, 7) is 0.959. The second kappa shape index (κ2) is 4.01. The third-order valence-electron chi connectivity index (χ3n) is 1.75. The largest absolute Gasteiger partial charge is 0.454 e. The molecule has 0 aromatic rings. The SMILES string of the molecule is CC(=O)O[C@H]1C(O)OC[C@@H](O)[C@@H]1O. The molecule has 1 aliphatic rings. The van der Waals surface area contributed by atoms with Crippen LogP contribution in [0, 0.1) is 0 Å². The van der Waals surface area contributed by atoms with Crippen molar-refractivity contribution in [3.63, 3.8) is 0 Å². The van der Waals surface area contributed by atoms with Crippen LogP contribution < -0.4 is 0 Å². The molecule has 0 amide bonds. The average molecular weight is 192 g/mol. The fourth-order valence-electron chi connectivity index (χ4n) is 1.10. The first-order valence-electron chi connectivity index (χ1n) is 3.85. The Morgan fingerprint density at radius 3 is 2.62 bits per heavy atom. The number of aliphatic hydroxyl groups excluding tert-OH is 3. The number of hydrogen-bond donors (Lipinski definition) is 3. The first-order chi connectivity index (χ1) is 6.02. The summed E-state index contributed by atoms with van der Waals surface area (Å²) in [5.41, 5.74) is 0. The molecule has 0 aromatic heterocycles. The fourth-order valence-corrected chi connectivity index (χ4v) is 1.10. The van der Waals surface area contributed by atoms with E-state index in [1.165, 1.54) is 0 Å². The van der Waals surface area contributed by atoms with Crippen molar-refractivity contribution in [2.75, 3.05) is 6.61 Å². The van der Waals surface area contributed by atoms with Gasteiger partial charge in [0.15, 0.2) is 12.4 Å². The monoisotopic (exact) mass is 192 g/mol. The van der Waals surface area contributed by atoms with Gasteiger partial charge < -0.3 is 24.8 Å². The minimum absolute atomic E-state index is 0.180. The van der Waals surface area contributed by atoms with Gasteiger partial charge in [0.25, 0.3) is 0 Å². The van der Waals surface area contributed by atoms with Crippen LogP contribution in [0.3, 0.4) is 0 Å². The number of aliphatic hydroxyl groups is 3. The normalized spacial score (nSPS) is 40.0. The van der Waals surface area contributed by atoms with Crippen molar-refractivity contribution in [1.82, 2.24) is 0 Å². The maximum absolute atomic E-state index is 10.5. The van der Waals surface area contributed by atoms with Gasteiger partial charge in [-0.2, -0.15) is 0 Å². The maximum atomic E-state index is 10.5. The number of hydrogen-bond acceptors (Lipinski definition) is 6. The van der Waals surface area contributed by atoms with Gasteiger partial charge in [0.2, 0.25) is 0 Å². The highest BCUT2D eigenvalue weighted by molar-refractivity contribution is 5.66. The van der Waals surface area contributed by atoms with Crippen molar-refractivity contribution in [1.29, 1.82) is 0 Å². The lowest BCUT2D eigenvalue weighted by Gasteiger charge is -2.34. The molecule has 1 aliphatic heterocycles. The van der Waals surface area contributed by atoms with Gasteiger partial charge in [0.1, 0.15) is 12.2 Å². The van der Waals surface area contributed by atoms with Crippen molar-refractivity contribution < 1.29 is 29.6 Å². The molecule has 0 radical (unpaired) electrons. The Morgan fingerprint density at radius 1 is 1.46 bits per heavy atom. The van der Waals surface area contributed by atoms with Gasteiger partial charge in [-0.1, -0.05) is 0 Å². The summed E-state index contributed by atoms with van der Waals surface area (Å²) in [7, 11) is 0. The summed E-state index contributed by atoms with van der Waals surface area (Å²) >= 11 is 0. The Hall–Kier alpha value is -0.690. The van der Waals surface area contributed by atoms with E-state index < -0.39 is 30.6 Å². The zero-order valence-corrected chi connectivity index (χ0v) is 7.08. The number of rotatable bonds is 1. The van der Waals surface area contributed by atoms with Crippen LogP contribution in [-0.2, 0) is 14.3 Å². The molecule has 1 unspecified atom stereocenters. The lowest BCUT2D eigenvalue weighted by Crippen LogP contribution is -2.54. The van der Waals surface area contributed by atoms with Crippen LogP contribution in [0.2, 0.25) is 0 Å². The van der Waals surface area contributed by atoms with Gasteiger partial charge in [-0.3, -0.25) is 4.79 Å². The quantitative estimate of drug-likeness (QED) is 0.415. The van der Waals surface area contributed by atoms with Gasteiger partial charge in [-0.15, -0.1) is 0 Å². The molecule has 1 rings (SSSR count). The average Bonchev–Trinajstić information content (AvgIpc) is 2.05. The topological polar surface area (TPSA) is 96.2 Å². The summed E-state index contributed by atoms with van der Waals surface area (Å²) in [5, 5.41) is 27.5. The summed E-state index contributed by atoms with van der Waals surface area (Å²) in [6.07, 6.45) is -5.07. The maximum Gasteiger partial charge on any atom is 0.303 e. The van der Waals surface area contributed by atoms with E-state index in [1.807, 2.05) is 0 Å². The van der Waals surface area contributed by atoms with Crippen molar-refractivity contribution >= 4 is 5.97 Å². The minimum atomic E-state index is -1.39. The molecule has 6 heteroatoms. The molecular weight excluding hydrogens is 180 g/mol. The number of carbonyl (C=O) groups excluding carboxylic acids is 1. The van der Waals surface area contributed by atoms with Crippen LogP contribution in [0.25, 0.3) is 0 Å². The molecule has 1 heterocycles. The highest BCUT2D eigenvalue weighted by Crippen LogP contribution is 2.16. The molecule has 0 spiro atoms. The van der Waals surface area contributed by atoms with E-state index in [1.54, 1.807) is 0 Å². The highest BCUT2D eigenvalue weighted by Gasteiger charge is 2.40. The molecular formula is C7H12O6. The van der Waals surface area contributed by atoms with E-state index in [0.717, 1.165) is 6.92 Å². The standard InChI is InChI=1S/C7H12O6/c1-3(8)13-6-5(10)4(9)2-12-7(6)11/h4-7,9-11H,2H2,1H3/t4-,5+,6-,7?/m1/s1. The van der Waals surface area contributed by atoms with E-state index in [0.29, 0.717) is 0 Å². The predicted molar refractivity (Wildman–Crippen MR) is 39.5 cm³/mol. The van der Waals surface area contributed by atoms with Gasteiger partial charge >= 0.3 is 5.97 Å². The van der Waals surface area contributed by atoms with E-state index in [2.05, 4.69) is 9.47 Å². The van der Waals surface area contributed by atoms with Crippen molar-refractivity contribution in [2.24, 2.45) is 0 Å². The fraction of sp³-hybridized carbons (Fsp3) is 0.857. The molecule has 13 heavy (non-hydrogen) atoms. The molecule has 3 N–H and O–H groups in total. The third kappa shape index (κ3) is 2.38. The molecule has 0 bridgehead atoms. The Labute approximate surface area is 74.7 Å². The van der Waals surface area contributed by atoms with Gasteiger partial charge in [-0.25, -0.2) is 0 Å². The molecule has 1 fully saturated rings. The molecule has 4 atom stereocenters. The first kappa shape index (κ1) is 10.4. The lowest BCUT2D eigenvalue weighted by atomic mass is 10.1. The lowest BCUT2D eigenvalue weighted by molar-refractivity contribution is -0.259. The summed E-state index contributed by atoms with van der Waals surface area (Å²) in [4.78, 5) is 10.5. The second-order valence-electron chi connectivity index (χ2n) is 2.86. The molecule has 6 nitrogen and oxygen atoms in total. The van der Waals surface area contributed by atoms with Crippen LogP contribution in [0.4, 0.5) is 0 Å². The van der Waals surface area contributed by atoms with Crippen molar-refractivity contribution in [3.8, 4) is 0 Å². The zero-order chi connectivity index (χ0) is 10.0. The van der Waals surface area contributed by atoms with E-state index in [9.17, 15) is 9.90 Å². The Bertz CT molecular complexity index is 193. The van der Waals surface area contributed by atoms with Crippen LogP contribution in [-0.4, -0.2) is 52.5 Å². The smallest absolute Gasteiger partial charge is 0.303 e. The zero-order valence-electron chi connectivity index (χ0n) is 7.08. The summed E-state index contributed by atoms with van der Waals surface area (Å²) in [5.74, 6) is -0.652. The molecule has 1 saturated heterocycles. The number of ether oxygens (including phenoxy) is 2. The molecule has 0 aliphatic carbocycles. The Balaban J connectivity index is 2.60. The van der Waals surface area contributed by atoms with Gasteiger partial charge in [0, 0.05) is 6.92 Å². The minimum Gasteiger partial charge on any atom is -0.454 e.